The van der Waals surface area contributed by atoms with Crippen molar-refractivity contribution in [3.8, 4) is 11.5 Å². The third-order valence-electron chi connectivity index (χ3n) is 12.6. The number of hydrogen-bond acceptors (Lipinski definition) is 9. The van der Waals surface area contributed by atoms with Gasteiger partial charge in [0.15, 0.2) is 6.29 Å². The van der Waals surface area contributed by atoms with Gasteiger partial charge in [0.1, 0.15) is 41.7 Å². The van der Waals surface area contributed by atoms with E-state index in [1.54, 1.807) is 21.1 Å². The van der Waals surface area contributed by atoms with Gasteiger partial charge in [0, 0.05) is 11.5 Å². The molecule has 0 bridgehead atoms. The molecular weight excluding hydrogens is 564 g/mol. The van der Waals surface area contributed by atoms with Crippen molar-refractivity contribution in [3.63, 3.8) is 0 Å². The van der Waals surface area contributed by atoms with Gasteiger partial charge in [0.25, 0.3) is 0 Å². The van der Waals surface area contributed by atoms with E-state index in [0.717, 1.165) is 62.0 Å². The van der Waals surface area contributed by atoms with E-state index >= 15 is 0 Å². The maximum atomic E-state index is 13.4. The van der Waals surface area contributed by atoms with Gasteiger partial charge in [-0.05, 0) is 105 Å². The highest BCUT2D eigenvalue weighted by Gasteiger charge is 2.62. The van der Waals surface area contributed by atoms with Crippen LogP contribution in [-0.2, 0) is 14.3 Å². The van der Waals surface area contributed by atoms with Crippen LogP contribution in [0.25, 0.3) is 0 Å². The fourth-order valence-corrected chi connectivity index (χ4v) is 10.3. The Bertz CT molecular complexity index is 1260. The number of Topliss-reactive ketones (excluding diaryl/α,β-unsaturated/α-hetero) is 1. The molecule has 5 aliphatic rings. The van der Waals surface area contributed by atoms with Gasteiger partial charge in [-0.25, -0.2) is 0 Å². The lowest BCUT2D eigenvalue weighted by Gasteiger charge is -2.58. The average molecular weight is 615 g/mol. The SMILES string of the molecule is COc1ccc(OC)c(C2CC3C4CC=C5CC(O[C@H]6O[C@H](CO)[C@@H](O)[C@H](O)[C@H]6O)CCC5(C)C4CCC3(C)C2C(C)=O)c1. The minimum Gasteiger partial charge on any atom is -0.497 e. The average Bonchev–Trinajstić information content (AvgIpc) is 3.34. The Kier molecular flexibility index (Phi) is 8.70. The minimum atomic E-state index is -1.45. The number of aliphatic hydroxyl groups excluding tert-OH is 4. The van der Waals surface area contributed by atoms with Gasteiger partial charge in [0.2, 0.25) is 0 Å². The number of benzene rings is 1. The molecule has 44 heavy (non-hydrogen) atoms. The van der Waals surface area contributed by atoms with Gasteiger partial charge in [-0.15, -0.1) is 0 Å². The Morgan fingerprint density at radius 1 is 1.02 bits per heavy atom. The van der Waals surface area contributed by atoms with Crippen molar-refractivity contribution < 1.29 is 44.2 Å². The van der Waals surface area contributed by atoms with Gasteiger partial charge in [-0.2, -0.15) is 0 Å². The zero-order valence-electron chi connectivity index (χ0n) is 26.6. The zero-order chi connectivity index (χ0) is 31.6. The molecule has 1 aliphatic heterocycles. The van der Waals surface area contributed by atoms with E-state index in [0.29, 0.717) is 17.8 Å². The van der Waals surface area contributed by atoms with Crippen molar-refractivity contribution in [2.24, 2.45) is 34.5 Å². The lowest BCUT2D eigenvalue weighted by Crippen LogP contribution is -2.60. The second-order valence-corrected chi connectivity index (χ2v) is 14.5. The summed E-state index contributed by atoms with van der Waals surface area (Å²) in [6.45, 7) is 6.06. The van der Waals surface area contributed by atoms with E-state index in [1.165, 1.54) is 5.57 Å². The first-order valence-corrected chi connectivity index (χ1v) is 16.3. The smallest absolute Gasteiger partial charge is 0.186 e. The Balaban J connectivity index is 1.24. The standard InChI is InChI=1S/C35H50O9/c1-18(37)29-24(23-15-20(41-4)7-9-27(23)42-5)16-26-22-8-6-19-14-21(10-12-34(19,2)25(22)11-13-35(26,29)3)43-33-32(40)31(39)30(38)28(17-36)44-33/h6-7,9,15,21-22,24-26,28-33,36,38-40H,8,10-14,16-17H2,1-5H3/t21?,22?,24?,25?,26?,28-,29?,30-,31+,32-,33+,34?,35?/m1/s1. The molecule has 13 atom stereocenters. The Morgan fingerprint density at radius 3 is 2.48 bits per heavy atom. The summed E-state index contributed by atoms with van der Waals surface area (Å²) >= 11 is 0. The number of allylic oxidation sites excluding steroid dienone is 1. The van der Waals surface area contributed by atoms with Crippen LogP contribution >= 0.6 is 0 Å². The highest BCUT2D eigenvalue weighted by atomic mass is 16.7. The van der Waals surface area contributed by atoms with Gasteiger partial charge >= 0.3 is 0 Å². The molecule has 244 valence electrons. The number of carbonyl (C=O) groups is 1. The third kappa shape index (κ3) is 5.03. The first-order chi connectivity index (χ1) is 21.0. The second-order valence-electron chi connectivity index (χ2n) is 14.5. The van der Waals surface area contributed by atoms with Crippen LogP contribution in [-0.4, -0.2) is 83.8 Å². The fraction of sp³-hybridized carbons (Fsp3) is 0.743. The first kappa shape index (κ1) is 32.0. The van der Waals surface area contributed by atoms with E-state index in [2.05, 4.69) is 26.0 Å². The van der Waals surface area contributed by atoms with Crippen molar-refractivity contribution in [3.05, 3.63) is 35.4 Å². The molecule has 1 aromatic carbocycles. The molecule has 1 aromatic rings. The van der Waals surface area contributed by atoms with Crippen LogP contribution in [0.3, 0.4) is 0 Å². The summed E-state index contributed by atoms with van der Waals surface area (Å²) in [6, 6.07) is 5.94. The summed E-state index contributed by atoms with van der Waals surface area (Å²) in [7, 11) is 3.37. The lowest BCUT2D eigenvalue weighted by atomic mass is 9.47. The fourth-order valence-electron chi connectivity index (χ4n) is 10.3. The van der Waals surface area contributed by atoms with E-state index in [-0.39, 0.29) is 34.6 Å². The van der Waals surface area contributed by atoms with Crippen LogP contribution < -0.4 is 9.47 Å². The van der Waals surface area contributed by atoms with Crippen molar-refractivity contribution in [2.75, 3.05) is 20.8 Å². The number of rotatable bonds is 7. The summed E-state index contributed by atoms with van der Waals surface area (Å²) < 4.78 is 23.2. The third-order valence-corrected chi connectivity index (χ3v) is 12.6. The second kappa shape index (κ2) is 12.0. The van der Waals surface area contributed by atoms with Crippen LogP contribution in [0.2, 0.25) is 0 Å². The number of aliphatic hydroxyl groups is 4. The molecule has 3 saturated carbocycles. The molecule has 8 unspecified atom stereocenters. The predicted molar refractivity (Wildman–Crippen MR) is 162 cm³/mol. The first-order valence-electron chi connectivity index (χ1n) is 16.3. The largest absolute Gasteiger partial charge is 0.497 e. The molecule has 0 aromatic heterocycles. The van der Waals surface area contributed by atoms with Crippen LogP contribution in [0.4, 0.5) is 0 Å². The number of ketones is 1. The number of ether oxygens (including phenoxy) is 4. The lowest BCUT2D eigenvalue weighted by molar-refractivity contribution is -0.313. The summed E-state index contributed by atoms with van der Waals surface area (Å²) in [5.74, 6) is 3.25. The Morgan fingerprint density at radius 2 is 1.80 bits per heavy atom. The normalized spacial score (nSPS) is 45.0. The van der Waals surface area contributed by atoms with Crippen molar-refractivity contribution in [2.45, 2.75) is 108 Å². The molecule has 0 amide bonds. The maximum Gasteiger partial charge on any atom is 0.186 e. The minimum absolute atomic E-state index is 0.0248. The maximum absolute atomic E-state index is 13.4. The van der Waals surface area contributed by atoms with Gasteiger partial charge in [0.05, 0.1) is 26.9 Å². The van der Waals surface area contributed by atoms with E-state index in [9.17, 15) is 25.2 Å². The number of methoxy groups -OCH3 is 2. The molecule has 9 nitrogen and oxygen atoms in total. The van der Waals surface area contributed by atoms with Gasteiger partial charge in [-0.3, -0.25) is 4.79 Å². The molecule has 0 radical (unpaired) electrons. The van der Waals surface area contributed by atoms with E-state index in [1.807, 2.05) is 12.1 Å². The summed E-state index contributed by atoms with van der Waals surface area (Å²) in [5.41, 5.74) is 2.40. The molecule has 1 heterocycles. The number of fused-ring (bicyclic) bond motifs is 5. The van der Waals surface area contributed by atoms with Crippen LogP contribution in [0.5, 0.6) is 11.5 Å². The van der Waals surface area contributed by atoms with E-state index < -0.39 is 37.3 Å². The van der Waals surface area contributed by atoms with Crippen LogP contribution in [0.15, 0.2) is 29.8 Å². The molecule has 1 saturated heterocycles. The molecule has 9 heteroatoms. The molecule has 4 N–H and O–H groups in total. The quantitative estimate of drug-likeness (QED) is 0.339. The van der Waals surface area contributed by atoms with Crippen molar-refractivity contribution >= 4 is 5.78 Å². The zero-order valence-corrected chi connectivity index (χ0v) is 26.6. The summed E-state index contributed by atoms with van der Waals surface area (Å²) in [5, 5.41) is 40.5. The monoisotopic (exact) mass is 614 g/mol. The molecule has 6 rings (SSSR count). The van der Waals surface area contributed by atoms with Gasteiger partial charge < -0.3 is 39.4 Å². The predicted octanol–water partition coefficient (Wildman–Crippen LogP) is 3.75. The highest BCUT2D eigenvalue weighted by Crippen LogP contribution is 2.69. The molecule has 4 aliphatic carbocycles. The molecule has 4 fully saturated rings. The van der Waals surface area contributed by atoms with Crippen LogP contribution in [0, 0.1) is 34.5 Å². The number of hydrogen-bond donors (Lipinski definition) is 4. The van der Waals surface area contributed by atoms with Crippen LogP contribution in [0.1, 0.15) is 77.2 Å². The molecule has 0 spiro atoms. The Labute approximate surface area is 260 Å². The van der Waals surface area contributed by atoms with E-state index in [4.69, 9.17) is 18.9 Å². The van der Waals surface area contributed by atoms with Crippen molar-refractivity contribution in [1.82, 2.24) is 0 Å². The number of carbonyl (C=O) groups excluding carboxylic acids is 1. The van der Waals surface area contributed by atoms with Gasteiger partial charge in [-0.1, -0.05) is 25.5 Å². The Hall–Kier alpha value is -2.01. The molecular formula is C35H50O9. The summed E-state index contributed by atoms with van der Waals surface area (Å²) in [4.78, 5) is 13.4. The summed E-state index contributed by atoms with van der Waals surface area (Å²) in [6.07, 6.45) is 2.34. The topological polar surface area (TPSA) is 135 Å². The van der Waals surface area contributed by atoms with Crippen molar-refractivity contribution in [1.29, 1.82) is 0 Å². The highest BCUT2D eigenvalue weighted by molar-refractivity contribution is 5.81.